The lowest BCUT2D eigenvalue weighted by molar-refractivity contribution is 0.147. The van der Waals surface area contributed by atoms with E-state index < -0.39 is 15.4 Å². The maximum Gasteiger partial charge on any atom is 0.267 e. The summed E-state index contributed by atoms with van der Waals surface area (Å²) in [5, 5.41) is 8.94. The molecule has 0 aromatic rings. The molecule has 104 valence electrons. The van der Waals surface area contributed by atoms with E-state index in [1.807, 2.05) is 0 Å². The van der Waals surface area contributed by atoms with E-state index in [-0.39, 0.29) is 6.10 Å². The third-order valence-corrected chi connectivity index (χ3v) is 4.30. The predicted molar refractivity (Wildman–Crippen MR) is 69.6 cm³/mol. The van der Waals surface area contributed by atoms with Crippen LogP contribution in [0.2, 0.25) is 0 Å². The van der Waals surface area contributed by atoms with Gasteiger partial charge in [0.05, 0.1) is 11.4 Å². The zero-order chi connectivity index (χ0) is 13.3. The van der Waals surface area contributed by atoms with Crippen molar-refractivity contribution in [1.29, 1.82) is 0 Å². The summed E-state index contributed by atoms with van der Waals surface area (Å²) in [4.78, 5) is 0. The molecule has 17 heavy (non-hydrogen) atoms. The first-order valence-corrected chi connectivity index (χ1v) is 8.02. The summed E-state index contributed by atoms with van der Waals surface area (Å²) >= 11 is 0. The van der Waals surface area contributed by atoms with E-state index in [1.165, 1.54) is 6.92 Å². The minimum atomic E-state index is -3.88. The minimum Gasteiger partial charge on any atom is -0.393 e. The smallest absolute Gasteiger partial charge is 0.267 e. The van der Waals surface area contributed by atoms with Gasteiger partial charge in [-0.05, 0) is 26.2 Å². The van der Waals surface area contributed by atoms with Gasteiger partial charge in [-0.25, -0.2) is 0 Å². The molecule has 0 aliphatic heterocycles. The second-order valence-corrected chi connectivity index (χ2v) is 6.59. The maximum absolute atomic E-state index is 10.7. The minimum absolute atomic E-state index is 0.261. The van der Waals surface area contributed by atoms with E-state index >= 15 is 0 Å². The van der Waals surface area contributed by atoms with Gasteiger partial charge in [-0.2, -0.15) is 8.42 Å². The molecule has 0 bridgehead atoms. The van der Waals surface area contributed by atoms with Crippen molar-refractivity contribution < 1.29 is 18.1 Å². The monoisotopic (exact) mass is 266 g/mol. The normalized spacial score (nSPS) is 15.8. The lowest BCUT2D eigenvalue weighted by Gasteiger charge is -2.11. The highest BCUT2D eigenvalue weighted by Crippen LogP contribution is 2.13. The van der Waals surface area contributed by atoms with E-state index in [0.29, 0.717) is 6.42 Å². The van der Waals surface area contributed by atoms with Crippen LogP contribution in [0.3, 0.4) is 0 Å². The number of rotatable bonds is 10. The second kappa shape index (κ2) is 8.89. The molecule has 0 saturated heterocycles. The first-order valence-electron chi connectivity index (χ1n) is 6.52. The van der Waals surface area contributed by atoms with E-state index in [2.05, 4.69) is 6.92 Å². The van der Waals surface area contributed by atoms with Crippen LogP contribution in [-0.4, -0.2) is 29.4 Å². The molecule has 4 nitrogen and oxygen atoms in total. The Morgan fingerprint density at radius 3 is 1.94 bits per heavy atom. The van der Waals surface area contributed by atoms with Crippen molar-refractivity contribution in [2.75, 3.05) is 0 Å². The van der Waals surface area contributed by atoms with Gasteiger partial charge in [0, 0.05) is 0 Å². The molecule has 0 aromatic carbocycles. The van der Waals surface area contributed by atoms with Gasteiger partial charge in [0.15, 0.2) is 0 Å². The maximum atomic E-state index is 10.7. The van der Waals surface area contributed by atoms with Gasteiger partial charge >= 0.3 is 0 Å². The number of hydrogen-bond donors (Lipinski definition) is 2. The highest BCUT2D eigenvalue weighted by atomic mass is 32.2. The van der Waals surface area contributed by atoms with Gasteiger partial charge in [0.25, 0.3) is 10.1 Å². The third kappa shape index (κ3) is 9.56. The summed E-state index contributed by atoms with van der Waals surface area (Å²) < 4.78 is 30.2. The third-order valence-electron chi connectivity index (χ3n) is 3.05. The standard InChI is InChI=1S/C12H26O4S/c1-3-4-5-9-12(13)10-7-6-8-11(2)17(14,15)16/h11-13H,3-10H2,1-2H3,(H,14,15,16). The Morgan fingerprint density at radius 2 is 1.47 bits per heavy atom. The average molecular weight is 266 g/mol. The number of unbranched alkanes of at least 4 members (excludes halogenated alkanes) is 3. The zero-order valence-corrected chi connectivity index (χ0v) is 11.7. The fraction of sp³-hybridized carbons (Fsp3) is 1.00. The van der Waals surface area contributed by atoms with Crippen molar-refractivity contribution in [3.8, 4) is 0 Å². The van der Waals surface area contributed by atoms with Crippen LogP contribution >= 0.6 is 0 Å². The Bertz CT molecular complexity index is 274. The molecule has 0 fully saturated rings. The van der Waals surface area contributed by atoms with Gasteiger partial charge in [-0.3, -0.25) is 4.55 Å². The molecule has 0 aliphatic rings. The lowest BCUT2D eigenvalue weighted by atomic mass is 10.0. The fourth-order valence-corrected chi connectivity index (χ4v) is 2.20. The van der Waals surface area contributed by atoms with Crippen molar-refractivity contribution in [1.82, 2.24) is 0 Å². The number of aliphatic hydroxyl groups excluding tert-OH is 1. The quantitative estimate of drug-likeness (QED) is 0.471. The summed E-state index contributed by atoms with van der Waals surface area (Å²) in [5.74, 6) is 0. The van der Waals surface area contributed by atoms with Gasteiger partial charge in [0.1, 0.15) is 0 Å². The number of hydrogen-bond acceptors (Lipinski definition) is 3. The van der Waals surface area contributed by atoms with Crippen LogP contribution in [0.5, 0.6) is 0 Å². The highest BCUT2D eigenvalue weighted by molar-refractivity contribution is 7.86. The molecule has 2 unspecified atom stereocenters. The van der Waals surface area contributed by atoms with E-state index in [1.54, 1.807) is 0 Å². The highest BCUT2D eigenvalue weighted by Gasteiger charge is 2.16. The molecule has 0 aromatic heterocycles. The van der Waals surface area contributed by atoms with Crippen LogP contribution in [0.1, 0.15) is 65.2 Å². The summed E-state index contributed by atoms with van der Waals surface area (Å²) in [6.45, 7) is 3.64. The Labute approximate surface area is 105 Å². The lowest BCUT2D eigenvalue weighted by Crippen LogP contribution is -2.16. The van der Waals surface area contributed by atoms with Gasteiger partial charge in [-0.1, -0.05) is 39.0 Å². The summed E-state index contributed by atoms with van der Waals surface area (Å²) in [5.41, 5.74) is 0. The SMILES string of the molecule is CCCCCC(O)CCCCC(C)S(=O)(=O)O. The molecular formula is C12H26O4S. The Kier molecular flexibility index (Phi) is 8.82. The van der Waals surface area contributed by atoms with Crippen molar-refractivity contribution in [3.05, 3.63) is 0 Å². The van der Waals surface area contributed by atoms with Gasteiger partial charge < -0.3 is 5.11 Å². The van der Waals surface area contributed by atoms with Crippen molar-refractivity contribution in [2.45, 2.75) is 76.6 Å². The molecule has 0 heterocycles. The molecule has 0 aliphatic carbocycles. The van der Waals surface area contributed by atoms with E-state index in [9.17, 15) is 13.5 Å². The Balaban J connectivity index is 3.51. The topological polar surface area (TPSA) is 74.6 Å². The molecule has 0 rings (SSSR count). The zero-order valence-electron chi connectivity index (χ0n) is 10.9. The van der Waals surface area contributed by atoms with E-state index in [4.69, 9.17) is 4.55 Å². The van der Waals surface area contributed by atoms with Crippen LogP contribution in [0.25, 0.3) is 0 Å². The van der Waals surface area contributed by atoms with E-state index in [0.717, 1.165) is 44.9 Å². The predicted octanol–water partition coefficient (Wildman–Crippen LogP) is 2.76. The summed E-state index contributed by atoms with van der Waals surface area (Å²) in [6.07, 6.45) is 6.65. The summed E-state index contributed by atoms with van der Waals surface area (Å²) in [7, 11) is -3.88. The first kappa shape index (κ1) is 16.9. The molecule has 0 radical (unpaired) electrons. The average Bonchev–Trinajstić information content (AvgIpc) is 2.23. The van der Waals surface area contributed by atoms with Crippen LogP contribution < -0.4 is 0 Å². The van der Waals surface area contributed by atoms with Crippen LogP contribution in [-0.2, 0) is 10.1 Å². The molecule has 0 amide bonds. The molecule has 0 saturated carbocycles. The Hall–Kier alpha value is -0.130. The van der Waals surface area contributed by atoms with Crippen molar-refractivity contribution in [3.63, 3.8) is 0 Å². The molecule has 2 atom stereocenters. The van der Waals surface area contributed by atoms with Crippen LogP contribution in [0.15, 0.2) is 0 Å². The first-order chi connectivity index (χ1) is 7.88. The fourth-order valence-electron chi connectivity index (χ4n) is 1.73. The largest absolute Gasteiger partial charge is 0.393 e. The number of aliphatic hydroxyl groups is 1. The summed E-state index contributed by atoms with van der Waals surface area (Å²) in [6, 6.07) is 0. The van der Waals surface area contributed by atoms with Crippen LogP contribution in [0, 0.1) is 0 Å². The molecular weight excluding hydrogens is 240 g/mol. The molecule has 5 heteroatoms. The van der Waals surface area contributed by atoms with Crippen molar-refractivity contribution >= 4 is 10.1 Å². The molecule has 0 spiro atoms. The van der Waals surface area contributed by atoms with Gasteiger partial charge in [0.2, 0.25) is 0 Å². The second-order valence-electron chi connectivity index (χ2n) is 4.76. The van der Waals surface area contributed by atoms with Crippen LogP contribution in [0.4, 0.5) is 0 Å². The Morgan fingerprint density at radius 1 is 1.00 bits per heavy atom. The van der Waals surface area contributed by atoms with Crippen molar-refractivity contribution in [2.24, 2.45) is 0 Å². The molecule has 2 N–H and O–H groups in total. The van der Waals surface area contributed by atoms with Gasteiger partial charge in [-0.15, -0.1) is 0 Å².